The summed E-state index contributed by atoms with van der Waals surface area (Å²) in [6.07, 6.45) is 1.61. The van der Waals surface area contributed by atoms with Gasteiger partial charge in [-0.15, -0.1) is 0 Å². The summed E-state index contributed by atoms with van der Waals surface area (Å²) < 4.78 is 10.1. The summed E-state index contributed by atoms with van der Waals surface area (Å²) in [5, 5.41) is 0. The number of carbonyl (C=O) groups excluding carboxylic acids is 1. The van der Waals surface area contributed by atoms with E-state index in [1.54, 1.807) is 7.11 Å². The fourth-order valence-electron chi connectivity index (χ4n) is 0.979. The third kappa shape index (κ3) is 1.97. The van der Waals surface area contributed by atoms with E-state index in [0.717, 1.165) is 12.8 Å². The maximum absolute atomic E-state index is 11.3. The normalized spacial score (nSPS) is 19.3. The van der Waals surface area contributed by atoms with E-state index in [1.165, 1.54) is 0 Å². The SMILES string of the molecule is COC1(C(=O)OCC(C)C)CC1. The second-order valence-corrected chi connectivity index (χ2v) is 3.69. The van der Waals surface area contributed by atoms with Crippen LogP contribution < -0.4 is 0 Å². The third-order valence-electron chi connectivity index (χ3n) is 2.01. The van der Waals surface area contributed by atoms with E-state index >= 15 is 0 Å². The molecule has 0 radical (unpaired) electrons. The highest BCUT2D eigenvalue weighted by Crippen LogP contribution is 2.39. The molecule has 1 aliphatic rings. The van der Waals surface area contributed by atoms with Crippen LogP contribution in [0.1, 0.15) is 26.7 Å². The number of ether oxygens (including phenoxy) is 2. The lowest BCUT2D eigenvalue weighted by atomic mass is 10.2. The highest BCUT2D eigenvalue weighted by molar-refractivity contribution is 5.82. The molecule has 0 heterocycles. The average Bonchev–Trinajstić information content (AvgIpc) is 2.80. The van der Waals surface area contributed by atoms with E-state index in [1.807, 2.05) is 13.8 Å². The van der Waals surface area contributed by atoms with Gasteiger partial charge < -0.3 is 9.47 Å². The van der Waals surface area contributed by atoms with Gasteiger partial charge in [-0.25, -0.2) is 4.79 Å². The molecule has 3 nitrogen and oxygen atoms in total. The zero-order chi connectivity index (χ0) is 9.19. The maximum atomic E-state index is 11.3. The van der Waals surface area contributed by atoms with Gasteiger partial charge in [-0.05, 0) is 18.8 Å². The van der Waals surface area contributed by atoms with Crippen LogP contribution >= 0.6 is 0 Å². The molecule has 0 amide bonds. The van der Waals surface area contributed by atoms with E-state index < -0.39 is 5.60 Å². The van der Waals surface area contributed by atoms with Crippen molar-refractivity contribution < 1.29 is 14.3 Å². The minimum atomic E-state index is -0.575. The van der Waals surface area contributed by atoms with Gasteiger partial charge in [0.1, 0.15) is 0 Å². The Labute approximate surface area is 73.0 Å². The number of esters is 1. The maximum Gasteiger partial charge on any atom is 0.338 e. The topological polar surface area (TPSA) is 35.5 Å². The summed E-state index contributed by atoms with van der Waals surface area (Å²) >= 11 is 0. The zero-order valence-corrected chi connectivity index (χ0v) is 7.92. The van der Waals surface area contributed by atoms with Crippen LogP contribution in [-0.4, -0.2) is 25.3 Å². The Kier molecular flexibility index (Phi) is 2.73. The number of hydrogen-bond donors (Lipinski definition) is 0. The number of hydrogen-bond acceptors (Lipinski definition) is 3. The van der Waals surface area contributed by atoms with Crippen LogP contribution in [0, 0.1) is 5.92 Å². The molecule has 70 valence electrons. The first kappa shape index (κ1) is 9.52. The van der Waals surface area contributed by atoms with Gasteiger partial charge in [0.25, 0.3) is 0 Å². The molecule has 0 aromatic heterocycles. The predicted octanol–water partition coefficient (Wildman–Crippen LogP) is 1.36. The standard InChI is InChI=1S/C9H16O3/c1-7(2)6-12-8(10)9(11-3)4-5-9/h7H,4-6H2,1-3H3. The average molecular weight is 172 g/mol. The van der Waals surface area contributed by atoms with Gasteiger partial charge in [-0.2, -0.15) is 0 Å². The predicted molar refractivity (Wildman–Crippen MR) is 44.8 cm³/mol. The monoisotopic (exact) mass is 172 g/mol. The molecule has 0 atom stereocenters. The van der Waals surface area contributed by atoms with E-state index in [-0.39, 0.29) is 5.97 Å². The lowest BCUT2D eigenvalue weighted by molar-refractivity contribution is -0.159. The van der Waals surface area contributed by atoms with Crippen LogP contribution in [-0.2, 0) is 14.3 Å². The van der Waals surface area contributed by atoms with Crippen molar-refractivity contribution in [3.8, 4) is 0 Å². The first-order chi connectivity index (χ1) is 5.60. The van der Waals surface area contributed by atoms with Gasteiger partial charge in [-0.1, -0.05) is 13.8 Å². The fourth-order valence-corrected chi connectivity index (χ4v) is 0.979. The summed E-state index contributed by atoms with van der Waals surface area (Å²) in [4.78, 5) is 11.3. The van der Waals surface area contributed by atoms with Gasteiger partial charge in [0.15, 0.2) is 5.60 Å². The Bertz CT molecular complexity index is 171. The molecule has 0 N–H and O–H groups in total. The van der Waals surface area contributed by atoms with E-state index in [0.29, 0.717) is 12.5 Å². The Morgan fingerprint density at radius 2 is 2.08 bits per heavy atom. The third-order valence-corrected chi connectivity index (χ3v) is 2.01. The molecule has 1 saturated carbocycles. The molecule has 0 aromatic carbocycles. The van der Waals surface area contributed by atoms with Crippen molar-refractivity contribution in [2.75, 3.05) is 13.7 Å². The van der Waals surface area contributed by atoms with E-state index in [4.69, 9.17) is 9.47 Å². The van der Waals surface area contributed by atoms with Crippen molar-refractivity contribution >= 4 is 5.97 Å². The molecule has 0 bridgehead atoms. The Morgan fingerprint density at radius 1 is 1.50 bits per heavy atom. The van der Waals surface area contributed by atoms with Crippen molar-refractivity contribution in [2.24, 2.45) is 5.92 Å². The number of carbonyl (C=O) groups is 1. The van der Waals surface area contributed by atoms with Crippen LogP contribution in [0.25, 0.3) is 0 Å². The van der Waals surface area contributed by atoms with Crippen molar-refractivity contribution in [3.63, 3.8) is 0 Å². The lowest BCUT2D eigenvalue weighted by Crippen LogP contribution is -2.28. The van der Waals surface area contributed by atoms with Crippen molar-refractivity contribution in [2.45, 2.75) is 32.3 Å². The molecule has 0 saturated heterocycles. The first-order valence-corrected chi connectivity index (χ1v) is 4.33. The van der Waals surface area contributed by atoms with Crippen molar-refractivity contribution in [1.82, 2.24) is 0 Å². The van der Waals surface area contributed by atoms with Crippen LogP contribution in [0.2, 0.25) is 0 Å². The summed E-state index contributed by atoms with van der Waals surface area (Å²) in [5.74, 6) is 0.195. The smallest absolute Gasteiger partial charge is 0.338 e. The van der Waals surface area contributed by atoms with Gasteiger partial charge in [-0.3, -0.25) is 0 Å². The van der Waals surface area contributed by atoms with E-state index in [9.17, 15) is 4.79 Å². The van der Waals surface area contributed by atoms with Gasteiger partial charge in [0.05, 0.1) is 6.61 Å². The Morgan fingerprint density at radius 3 is 2.42 bits per heavy atom. The van der Waals surface area contributed by atoms with Gasteiger partial charge in [0.2, 0.25) is 0 Å². The summed E-state index contributed by atoms with van der Waals surface area (Å²) in [7, 11) is 1.56. The van der Waals surface area contributed by atoms with Crippen LogP contribution in [0.15, 0.2) is 0 Å². The second-order valence-electron chi connectivity index (χ2n) is 3.69. The molecule has 3 heteroatoms. The number of rotatable bonds is 4. The quantitative estimate of drug-likeness (QED) is 0.601. The van der Waals surface area contributed by atoms with E-state index in [2.05, 4.69) is 0 Å². The van der Waals surface area contributed by atoms with Crippen molar-refractivity contribution in [3.05, 3.63) is 0 Å². The molecular formula is C9H16O3. The molecule has 0 aliphatic heterocycles. The minimum Gasteiger partial charge on any atom is -0.463 e. The molecule has 0 unspecified atom stereocenters. The molecule has 12 heavy (non-hydrogen) atoms. The highest BCUT2D eigenvalue weighted by atomic mass is 16.6. The number of methoxy groups -OCH3 is 1. The van der Waals surface area contributed by atoms with Crippen LogP contribution in [0.3, 0.4) is 0 Å². The van der Waals surface area contributed by atoms with Gasteiger partial charge >= 0.3 is 5.97 Å². The largest absolute Gasteiger partial charge is 0.463 e. The second kappa shape index (κ2) is 3.44. The Balaban J connectivity index is 2.29. The molecule has 0 aromatic rings. The summed E-state index contributed by atoms with van der Waals surface area (Å²) in [5.41, 5.74) is -0.575. The molecular weight excluding hydrogens is 156 g/mol. The molecule has 1 rings (SSSR count). The minimum absolute atomic E-state index is 0.196. The lowest BCUT2D eigenvalue weighted by Gasteiger charge is -2.13. The fraction of sp³-hybridized carbons (Fsp3) is 0.889. The van der Waals surface area contributed by atoms with Crippen LogP contribution in [0.5, 0.6) is 0 Å². The van der Waals surface area contributed by atoms with Crippen molar-refractivity contribution in [1.29, 1.82) is 0 Å². The first-order valence-electron chi connectivity index (χ1n) is 4.33. The van der Waals surface area contributed by atoms with Gasteiger partial charge in [0, 0.05) is 7.11 Å². The molecule has 1 aliphatic carbocycles. The molecule has 1 fully saturated rings. The summed E-state index contributed by atoms with van der Waals surface area (Å²) in [6, 6.07) is 0. The molecule has 0 spiro atoms. The highest BCUT2D eigenvalue weighted by Gasteiger charge is 2.52. The summed E-state index contributed by atoms with van der Waals surface area (Å²) in [6.45, 7) is 4.52. The Hall–Kier alpha value is -0.570. The van der Waals surface area contributed by atoms with Crippen LogP contribution in [0.4, 0.5) is 0 Å². The zero-order valence-electron chi connectivity index (χ0n) is 7.92.